The molecule has 0 atom stereocenters. The third-order valence-electron chi connectivity index (χ3n) is 6.05. The molecule has 0 saturated heterocycles. The lowest BCUT2D eigenvalue weighted by Crippen LogP contribution is -2.06. The zero-order chi connectivity index (χ0) is 31.7. The fourth-order valence-electron chi connectivity index (χ4n) is 3.95. The normalized spacial score (nSPS) is 9.28. The largest absolute Gasteiger partial charge is 0.323 e. The summed E-state index contributed by atoms with van der Waals surface area (Å²) in [7, 11) is 0. The molecule has 3 N–H and O–H groups in total. The van der Waals surface area contributed by atoms with Crippen molar-refractivity contribution in [2.75, 3.05) is 5.43 Å². The van der Waals surface area contributed by atoms with Gasteiger partial charge in [-0.15, -0.1) is 0 Å². The minimum absolute atomic E-state index is 0. The molecule has 9 heteroatoms. The van der Waals surface area contributed by atoms with Crippen LogP contribution >= 0.6 is 38.6 Å². The fraction of sp³-hybridized carbons (Fsp3) is 0.0270. The van der Waals surface area contributed by atoms with Crippen molar-refractivity contribution in [1.29, 1.82) is 0 Å². The van der Waals surface area contributed by atoms with Crippen LogP contribution in [0.1, 0.15) is 29.7 Å². The standard InChI is InChI=1S/C18H13N3S.C13H12N2.C5H2BrNS.CH4/c1-19-18-16(12-13-22-18)20-21-17(14-8-4-2-5-9-14)15-10-6-3-7-11-15;14-15-13(11-7-3-1-4-8-11)12-9-5-2-6-10-12;1-7-5-4(6)2-3-8-5;/h2-13,20H;1-10H,14H2;2-3H;1H4. The molecule has 0 aliphatic heterocycles. The van der Waals surface area contributed by atoms with Gasteiger partial charge in [0.1, 0.15) is 0 Å². The summed E-state index contributed by atoms with van der Waals surface area (Å²) >= 11 is 6.08. The topological polar surface area (TPSA) is 71.5 Å². The highest BCUT2D eigenvalue weighted by atomic mass is 79.9. The van der Waals surface area contributed by atoms with E-state index in [2.05, 4.69) is 41.2 Å². The first-order chi connectivity index (χ1) is 22.1. The SMILES string of the molecule is C.NN=C(c1ccccc1)c1ccccc1.[C-]#[N+]c1sccc1Br.[C-]#[N+]c1sccc1NN=C(c1ccccc1)c1ccccc1. The maximum Gasteiger partial charge on any atom is 0.265 e. The van der Waals surface area contributed by atoms with Gasteiger partial charge in [-0.2, -0.15) is 32.9 Å². The van der Waals surface area contributed by atoms with E-state index in [1.165, 1.54) is 22.7 Å². The molecule has 0 aliphatic rings. The number of hydrazone groups is 2. The first-order valence-electron chi connectivity index (χ1n) is 13.5. The Morgan fingerprint density at radius 2 is 0.978 bits per heavy atom. The molecular weight excluding hydrogens is 672 g/mol. The number of halogens is 1. The van der Waals surface area contributed by atoms with Gasteiger partial charge in [0.05, 0.1) is 30.3 Å². The Morgan fingerprint density at radius 1 is 0.587 bits per heavy atom. The van der Waals surface area contributed by atoms with Crippen LogP contribution in [0.2, 0.25) is 0 Å². The monoisotopic (exact) mass is 702 g/mol. The summed E-state index contributed by atoms with van der Waals surface area (Å²) in [6.07, 6.45) is 0. The minimum atomic E-state index is 0. The van der Waals surface area contributed by atoms with Crippen LogP contribution in [0.15, 0.2) is 159 Å². The number of thiophene rings is 2. The zero-order valence-electron chi connectivity index (χ0n) is 23.9. The van der Waals surface area contributed by atoms with Gasteiger partial charge in [-0.25, -0.2) is 9.69 Å². The summed E-state index contributed by atoms with van der Waals surface area (Å²) in [4.78, 5) is 6.74. The van der Waals surface area contributed by atoms with Crippen molar-refractivity contribution >= 4 is 65.7 Å². The Labute approximate surface area is 287 Å². The van der Waals surface area contributed by atoms with Crippen LogP contribution in [0.5, 0.6) is 0 Å². The fourth-order valence-corrected chi connectivity index (χ4v) is 5.82. The Hall–Kier alpha value is -5.32. The van der Waals surface area contributed by atoms with Crippen molar-refractivity contribution in [2.45, 2.75) is 7.43 Å². The maximum atomic E-state index is 7.16. The van der Waals surface area contributed by atoms with Crippen molar-refractivity contribution in [3.63, 3.8) is 0 Å². The van der Waals surface area contributed by atoms with E-state index >= 15 is 0 Å². The van der Waals surface area contributed by atoms with Gasteiger partial charge in [0, 0.05) is 26.7 Å². The van der Waals surface area contributed by atoms with E-state index < -0.39 is 0 Å². The van der Waals surface area contributed by atoms with E-state index in [4.69, 9.17) is 19.0 Å². The average Bonchev–Trinajstić information content (AvgIpc) is 3.76. The quantitative estimate of drug-likeness (QED) is 0.0784. The van der Waals surface area contributed by atoms with Gasteiger partial charge in [0.15, 0.2) is 0 Å². The molecule has 0 amide bonds. The number of nitrogens with one attached hydrogen (secondary N) is 1. The number of benzene rings is 4. The van der Waals surface area contributed by atoms with Gasteiger partial charge in [0.2, 0.25) is 0 Å². The van der Waals surface area contributed by atoms with Crippen LogP contribution in [0, 0.1) is 13.1 Å². The second kappa shape index (κ2) is 19.1. The molecule has 2 aromatic heterocycles. The molecule has 6 aromatic rings. The first-order valence-corrected chi connectivity index (χ1v) is 16.1. The predicted molar refractivity (Wildman–Crippen MR) is 200 cm³/mol. The van der Waals surface area contributed by atoms with Crippen molar-refractivity contribution in [3.05, 3.63) is 194 Å². The van der Waals surface area contributed by atoms with E-state index in [0.29, 0.717) is 5.00 Å². The molecule has 0 fully saturated rings. The molecule has 0 saturated carbocycles. The number of rotatable bonds is 6. The summed E-state index contributed by atoms with van der Waals surface area (Å²) in [6, 6.07) is 43.6. The third kappa shape index (κ3) is 10.1. The zero-order valence-corrected chi connectivity index (χ0v) is 27.1. The lowest BCUT2D eigenvalue weighted by molar-refractivity contribution is 1.24. The molecule has 0 unspecified atom stereocenters. The molecular formula is C37H31BrN6S2. The molecule has 0 aliphatic carbocycles. The Kier molecular flexibility index (Phi) is 14.6. The Bertz CT molecular complexity index is 1820. The lowest BCUT2D eigenvalue weighted by atomic mass is 10.0. The highest BCUT2D eigenvalue weighted by Crippen LogP contribution is 2.32. The van der Waals surface area contributed by atoms with Crippen molar-refractivity contribution < 1.29 is 0 Å². The molecule has 46 heavy (non-hydrogen) atoms. The molecule has 228 valence electrons. The molecule has 2 heterocycles. The molecule has 4 aromatic carbocycles. The molecule has 0 spiro atoms. The van der Waals surface area contributed by atoms with Crippen LogP contribution in [0.25, 0.3) is 9.69 Å². The van der Waals surface area contributed by atoms with Crippen molar-refractivity contribution in [2.24, 2.45) is 16.0 Å². The highest BCUT2D eigenvalue weighted by molar-refractivity contribution is 9.10. The van der Waals surface area contributed by atoms with Gasteiger partial charge in [-0.1, -0.05) is 145 Å². The number of hydrogen-bond donors (Lipinski definition) is 2. The number of hydrogen-bond acceptors (Lipinski definition) is 6. The lowest BCUT2D eigenvalue weighted by Gasteiger charge is -2.08. The number of anilines is 1. The smallest absolute Gasteiger partial charge is 0.265 e. The first kappa shape index (κ1) is 35.2. The second-order valence-electron chi connectivity index (χ2n) is 8.95. The Balaban J connectivity index is 0.000000207. The van der Waals surface area contributed by atoms with Crippen LogP contribution in [-0.4, -0.2) is 11.4 Å². The summed E-state index contributed by atoms with van der Waals surface area (Å²) in [5.74, 6) is 5.42. The van der Waals surface area contributed by atoms with Crippen LogP contribution in [0.3, 0.4) is 0 Å². The summed E-state index contributed by atoms with van der Waals surface area (Å²) in [6.45, 7) is 13.8. The van der Waals surface area contributed by atoms with Gasteiger partial charge >= 0.3 is 0 Å². The molecule has 0 bridgehead atoms. The van der Waals surface area contributed by atoms with E-state index in [0.717, 1.165) is 48.8 Å². The van der Waals surface area contributed by atoms with Crippen molar-refractivity contribution in [1.82, 2.24) is 0 Å². The van der Waals surface area contributed by atoms with Crippen LogP contribution < -0.4 is 11.3 Å². The van der Waals surface area contributed by atoms with Gasteiger partial charge < -0.3 is 5.84 Å². The van der Waals surface area contributed by atoms with E-state index in [1.807, 2.05) is 144 Å². The number of nitrogens with two attached hydrogens (primary N) is 1. The minimum Gasteiger partial charge on any atom is -0.323 e. The average molecular weight is 704 g/mol. The van der Waals surface area contributed by atoms with Gasteiger partial charge in [-0.05, 0) is 22.9 Å². The molecule has 6 rings (SSSR count). The van der Waals surface area contributed by atoms with E-state index in [9.17, 15) is 0 Å². The summed E-state index contributed by atoms with van der Waals surface area (Å²) in [5.41, 5.74) is 9.56. The highest BCUT2D eigenvalue weighted by Gasteiger charge is 2.08. The summed E-state index contributed by atoms with van der Waals surface area (Å²) < 4.78 is 0.900. The van der Waals surface area contributed by atoms with Crippen molar-refractivity contribution in [3.8, 4) is 0 Å². The Morgan fingerprint density at radius 3 is 1.33 bits per heavy atom. The van der Waals surface area contributed by atoms with E-state index in [1.54, 1.807) is 0 Å². The molecule has 0 radical (unpaired) electrons. The predicted octanol–water partition coefficient (Wildman–Crippen LogP) is 11.3. The summed E-state index contributed by atoms with van der Waals surface area (Å²) in [5, 5.41) is 13.5. The molecule has 6 nitrogen and oxygen atoms in total. The second-order valence-corrected chi connectivity index (χ2v) is 11.6. The third-order valence-corrected chi connectivity index (χ3v) is 8.57. The van der Waals surface area contributed by atoms with Crippen LogP contribution in [-0.2, 0) is 0 Å². The number of nitrogens with zero attached hydrogens (tertiary/aromatic N) is 4. The van der Waals surface area contributed by atoms with E-state index in [-0.39, 0.29) is 7.43 Å². The van der Waals surface area contributed by atoms with Gasteiger partial charge in [-0.3, -0.25) is 5.43 Å². The maximum absolute atomic E-state index is 7.16. The van der Waals surface area contributed by atoms with Gasteiger partial charge in [0.25, 0.3) is 10.0 Å². The van der Waals surface area contributed by atoms with Crippen LogP contribution in [0.4, 0.5) is 15.7 Å².